The van der Waals surface area contributed by atoms with E-state index in [1.54, 1.807) is 22.7 Å². The Hall–Kier alpha value is -1.89. The second-order valence-corrected chi connectivity index (χ2v) is 8.35. The molecule has 1 amide bonds. The highest BCUT2D eigenvalue weighted by atomic mass is 35.5. The molecule has 0 atom stereocenters. The number of hydrogen-bond donors (Lipinski definition) is 1. The summed E-state index contributed by atoms with van der Waals surface area (Å²) in [5.41, 5.74) is 2.82. The maximum Gasteiger partial charge on any atom is 0.258 e. The van der Waals surface area contributed by atoms with E-state index in [0.29, 0.717) is 12.3 Å². The fourth-order valence-electron chi connectivity index (χ4n) is 2.47. The van der Waals surface area contributed by atoms with Crippen LogP contribution in [0.1, 0.15) is 21.7 Å². The predicted octanol–water partition coefficient (Wildman–Crippen LogP) is 5.15. The molecule has 0 bridgehead atoms. The highest BCUT2D eigenvalue weighted by Gasteiger charge is 2.12. The van der Waals surface area contributed by atoms with Gasteiger partial charge >= 0.3 is 0 Å². The molecule has 4 nitrogen and oxygen atoms in total. The van der Waals surface area contributed by atoms with Crippen LogP contribution in [0.3, 0.4) is 0 Å². The number of thiazole rings is 1. The molecule has 7 heteroatoms. The Kier molecular flexibility index (Phi) is 5.96. The summed E-state index contributed by atoms with van der Waals surface area (Å²) in [6, 6.07) is 7.73. The van der Waals surface area contributed by atoms with Crippen molar-refractivity contribution in [2.75, 3.05) is 6.61 Å². The Morgan fingerprint density at radius 1 is 1.27 bits per heavy atom. The Labute approximate surface area is 165 Å². The molecule has 1 aromatic carbocycles. The maximum atomic E-state index is 12.1. The Morgan fingerprint density at radius 3 is 2.65 bits per heavy atom. The number of carbonyl (C=O) groups excluding carboxylic acids is 1. The summed E-state index contributed by atoms with van der Waals surface area (Å²) in [6.07, 6.45) is 0. The highest BCUT2D eigenvalue weighted by Crippen LogP contribution is 2.31. The van der Waals surface area contributed by atoms with Gasteiger partial charge in [-0.15, -0.1) is 22.7 Å². The van der Waals surface area contributed by atoms with E-state index >= 15 is 0 Å². The summed E-state index contributed by atoms with van der Waals surface area (Å²) < 4.78 is 5.59. The van der Waals surface area contributed by atoms with E-state index in [-0.39, 0.29) is 12.5 Å². The third-order valence-electron chi connectivity index (χ3n) is 3.85. The normalized spacial score (nSPS) is 10.8. The van der Waals surface area contributed by atoms with Crippen LogP contribution < -0.4 is 10.1 Å². The Bertz CT molecular complexity index is 897. The van der Waals surface area contributed by atoms with Crippen molar-refractivity contribution in [1.29, 1.82) is 0 Å². The molecule has 0 aliphatic rings. The lowest BCUT2D eigenvalue weighted by atomic mass is 10.1. The van der Waals surface area contributed by atoms with Crippen LogP contribution >= 0.6 is 34.3 Å². The van der Waals surface area contributed by atoms with Crippen LogP contribution in [-0.4, -0.2) is 17.5 Å². The van der Waals surface area contributed by atoms with Crippen LogP contribution in [0.5, 0.6) is 5.75 Å². The van der Waals surface area contributed by atoms with Gasteiger partial charge in [0.05, 0.1) is 17.1 Å². The van der Waals surface area contributed by atoms with Gasteiger partial charge in [0.2, 0.25) is 0 Å². The molecular formula is C19H19ClN2O2S2. The summed E-state index contributed by atoms with van der Waals surface area (Å²) in [6.45, 7) is 6.22. The first-order valence-electron chi connectivity index (χ1n) is 8.10. The van der Waals surface area contributed by atoms with E-state index in [4.69, 9.17) is 16.3 Å². The summed E-state index contributed by atoms with van der Waals surface area (Å²) in [4.78, 5) is 18.9. The van der Waals surface area contributed by atoms with Crippen molar-refractivity contribution in [2.24, 2.45) is 0 Å². The quantitative estimate of drug-likeness (QED) is 0.616. The number of rotatable bonds is 6. The number of nitrogens with one attached hydrogen (secondary N) is 1. The molecule has 0 fully saturated rings. The SMILES string of the molecule is Cc1cc(OCC(=O)NCc2sc(-c3cccs3)nc2C)cc(C)c1Cl. The summed E-state index contributed by atoms with van der Waals surface area (Å²) in [7, 11) is 0. The first-order chi connectivity index (χ1) is 12.4. The zero-order chi connectivity index (χ0) is 18.7. The molecule has 1 N–H and O–H groups in total. The standard InChI is InChI=1S/C19H19ClN2O2S2/c1-11-7-14(8-12(2)18(11)20)24-10-17(23)21-9-16-13(3)22-19(26-16)15-5-4-6-25-15/h4-8H,9-10H2,1-3H3,(H,21,23). The number of halogens is 1. The van der Waals surface area contributed by atoms with Gasteiger partial charge in [-0.1, -0.05) is 17.7 Å². The third-order valence-corrected chi connectivity index (χ3v) is 6.64. The van der Waals surface area contributed by atoms with Gasteiger partial charge in [0.1, 0.15) is 10.8 Å². The molecule has 0 saturated heterocycles. The van der Waals surface area contributed by atoms with Gasteiger partial charge in [-0.05, 0) is 55.5 Å². The van der Waals surface area contributed by atoms with E-state index in [0.717, 1.165) is 36.6 Å². The minimum atomic E-state index is -0.166. The number of hydrogen-bond acceptors (Lipinski definition) is 5. The zero-order valence-electron chi connectivity index (χ0n) is 14.8. The smallest absolute Gasteiger partial charge is 0.258 e. The first kappa shape index (κ1) is 18.9. The largest absolute Gasteiger partial charge is 0.484 e. The molecule has 2 heterocycles. The molecule has 0 unspecified atom stereocenters. The number of benzene rings is 1. The second kappa shape index (κ2) is 8.20. The van der Waals surface area contributed by atoms with E-state index in [1.807, 2.05) is 44.4 Å². The van der Waals surface area contributed by atoms with Crippen LogP contribution in [0.2, 0.25) is 5.02 Å². The molecule has 3 aromatic rings. The van der Waals surface area contributed by atoms with Crippen molar-refractivity contribution < 1.29 is 9.53 Å². The summed E-state index contributed by atoms with van der Waals surface area (Å²) in [5, 5.41) is 6.64. The van der Waals surface area contributed by atoms with Gasteiger partial charge in [0, 0.05) is 9.90 Å². The molecular weight excluding hydrogens is 388 g/mol. The molecule has 26 heavy (non-hydrogen) atoms. The van der Waals surface area contributed by atoms with Gasteiger partial charge in [0.25, 0.3) is 5.91 Å². The van der Waals surface area contributed by atoms with Gasteiger partial charge in [0.15, 0.2) is 6.61 Å². The van der Waals surface area contributed by atoms with E-state index < -0.39 is 0 Å². The van der Waals surface area contributed by atoms with Crippen LogP contribution in [0, 0.1) is 20.8 Å². The average molecular weight is 407 g/mol. The predicted molar refractivity (Wildman–Crippen MR) is 108 cm³/mol. The maximum absolute atomic E-state index is 12.1. The number of nitrogens with zero attached hydrogens (tertiary/aromatic N) is 1. The van der Waals surface area contributed by atoms with Crippen molar-refractivity contribution in [3.8, 4) is 15.6 Å². The van der Waals surface area contributed by atoms with Crippen molar-refractivity contribution in [1.82, 2.24) is 10.3 Å². The van der Waals surface area contributed by atoms with E-state index in [1.165, 1.54) is 0 Å². The molecule has 3 rings (SSSR count). The molecule has 0 spiro atoms. The van der Waals surface area contributed by atoms with E-state index in [2.05, 4.69) is 16.4 Å². The van der Waals surface area contributed by atoms with Gasteiger partial charge in [-0.3, -0.25) is 4.79 Å². The topological polar surface area (TPSA) is 51.2 Å². The van der Waals surface area contributed by atoms with Gasteiger partial charge in [-0.2, -0.15) is 0 Å². The van der Waals surface area contributed by atoms with Crippen LogP contribution in [0.15, 0.2) is 29.6 Å². The van der Waals surface area contributed by atoms with Crippen molar-refractivity contribution in [3.63, 3.8) is 0 Å². The number of thiophene rings is 1. The minimum Gasteiger partial charge on any atom is -0.484 e. The van der Waals surface area contributed by atoms with E-state index in [9.17, 15) is 4.79 Å². The fourth-order valence-corrected chi connectivity index (χ4v) is 4.37. The van der Waals surface area contributed by atoms with Gasteiger partial charge < -0.3 is 10.1 Å². The number of amides is 1. The van der Waals surface area contributed by atoms with Crippen LogP contribution in [0.4, 0.5) is 0 Å². The van der Waals surface area contributed by atoms with Crippen molar-refractivity contribution in [3.05, 3.63) is 56.4 Å². The number of aromatic nitrogens is 1. The fraction of sp³-hybridized carbons (Fsp3) is 0.263. The Balaban J connectivity index is 1.55. The van der Waals surface area contributed by atoms with Crippen LogP contribution in [-0.2, 0) is 11.3 Å². The molecule has 0 saturated carbocycles. The third kappa shape index (κ3) is 4.44. The zero-order valence-corrected chi connectivity index (χ0v) is 17.1. The number of carbonyl (C=O) groups is 1. The lowest BCUT2D eigenvalue weighted by molar-refractivity contribution is -0.123. The lowest BCUT2D eigenvalue weighted by Gasteiger charge is -2.10. The summed E-state index contributed by atoms with van der Waals surface area (Å²) >= 11 is 9.42. The highest BCUT2D eigenvalue weighted by molar-refractivity contribution is 7.21. The summed E-state index contributed by atoms with van der Waals surface area (Å²) in [5.74, 6) is 0.481. The second-order valence-electron chi connectivity index (χ2n) is 5.94. The van der Waals surface area contributed by atoms with Crippen molar-refractivity contribution >= 4 is 40.2 Å². The average Bonchev–Trinajstić information content (AvgIpc) is 3.25. The van der Waals surface area contributed by atoms with Crippen molar-refractivity contribution in [2.45, 2.75) is 27.3 Å². The molecule has 2 aromatic heterocycles. The van der Waals surface area contributed by atoms with Crippen LogP contribution in [0.25, 0.3) is 9.88 Å². The molecule has 0 aliphatic heterocycles. The Morgan fingerprint density at radius 2 is 2.00 bits per heavy atom. The number of ether oxygens (including phenoxy) is 1. The molecule has 0 aliphatic carbocycles. The minimum absolute atomic E-state index is 0.0316. The molecule has 0 radical (unpaired) electrons. The number of aryl methyl sites for hydroxylation is 3. The van der Waals surface area contributed by atoms with Gasteiger partial charge in [-0.25, -0.2) is 4.98 Å². The monoisotopic (exact) mass is 406 g/mol. The molecule has 136 valence electrons. The lowest BCUT2D eigenvalue weighted by Crippen LogP contribution is -2.28. The first-order valence-corrected chi connectivity index (χ1v) is 10.2.